The van der Waals surface area contributed by atoms with Crippen LogP contribution in [0.15, 0.2) is 11.8 Å². The van der Waals surface area contributed by atoms with Gasteiger partial charge in [0.1, 0.15) is 12.4 Å². The van der Waals surface area contributed by atoms with E-state index >= 15 is 0 Å². The van der Waals surface area contributed by atoms with Gasteiger partial charge in [0.2, 0.25) is 0 Å². The number of methoxy groups -OCH3 is 1. The van der Waals surface area contributed by atoms with Crippen molar-refractivity contribution in [1.29, 1.82) is 0 Å². The van der Waals surface area contributed by atoms with E-state index in [9.17, 15) is 0 Å². The minimum Gasteiger partial charge on any atom is -0.499 e. The lowest BCUT2D eigenvalue weighted by molar-refractivity contribution is 0.206. The SMILES string of the molecule is CCC=C(CO)OC. The van der Waals surface area contributed by atoms with Crippen LogP contribution in [0.25, 0.3) is 0 Å². The third kappa shape index (κ3) is 2.64. The predicted molar refractivity (Wildman–Crippen MR) is 32.5 cm³/mol. The topological polar surface area (TPSA) is 29.5 Å². The minimum atomic E-state index is 0.00431. The van der Waals surface area contributed by atoms with Gasteiger partial charge in [-0.2, -0.15) is 0 Å². The number of rotatable bonds is 3. The van der Waals surface area contributed by atoms with Crippen LogP contribution in [0.3, 0.4) is 0 Å². The first-order valence-corrected chi connectivity index (χ1v) is 2.69. The molecule has 48 valence electrons. The Hall–Kier alpha value is -0.500. The molecule has 0 saturated heterocycles. The number of aliphatic hydroxyl groups excluding tert-OH is 1. The molecule has 2 heteroatoms. The molecule has 0 unspecified atom stereocenters. The van der Waals surface area contributed by atoms with Gasteiger partial charge in [0.25, 0.3) is 0 Å². The number of aliphatic hydroxyl groups is 1. The van der Waals surface area contributed by atoms with Crippen LogP contribution in [0.5, 0.6) is 0 Å². The Bertz CT molecular complexity index is 70.6. The van der Waals surface area contributed by atoms with Gasteiger partial charge in [-0.15, -0.1) is 0 Å². The standard InChI is InChI=1S/C6H12O2/c1-3-4-6(5-7)8-2/h4,7H,3,5H2,1-2H3. The molecule has 0 aliphatic heterocycles. The van der Waals surface area contributed by atoms with E-state index in [2.05, 4.69) is 0 Å². The van der Waals surface area contributed by atoms with Gasteiger partial charge in [0, 0.05) is 0 Å². The van der Waals surface area contributed by atoms with Crippen LogP contribution in [0.4, 0.5) is 0 Å². The van der Waals surface area contributed by atoms with Gasteiger partial charge < -0.3 is 9.84 Å². The molecule has 0 bridgehead atoms. The molecule has 0 amide bonds. The first kappa shape index (κ1) is 7.50. The lowest BCUT2D eigenvalue weighted by Gasteiger charge is -1.98. The minimum absolute atomic E-state index is 0.00431. The maximum atomic E-state index is 8.46. The zero-order valence-electron chi connectivity index (χ0n) is 5.35. The van der Waals surface area contributed by atoms with E-state index in [4.69, 9.17) is 9.84 Å². The summed E-state index contributed by atoms with van der Waals surface area (Å²) < 4.78 is 4.75. The van der Waals surface area contributed by atoms with E-state index in [0.29, 0.717) is 5.76 Å². The molecular weight excluding hydrogens is 104 g/mol. The third-order valence-electron chi connectivity index (χ3n) is 0.850. The van der Waals surface area contributed by atoms with Crippen molar-refractivity contribution in [1.82, 2.24) is 0 Å². The molecule has 0 atom stereocenters. The first-order valence-electron chi connectivity index (χ1n) is 2.69. The summed E-state index contributed by atoms with van der Waals surface area (Å²) >= 11 is 0. The molecule has 0 rings (SSSR count). The first-order chi connectivity index (χ1) is 3.85. The monoisotopic (exact) mass is 116 g/mol. The quantitative estimate of drug-likeness (QED) is 0.555. The van der Waals surface area contributed by atoms with Crippen LogP contribution in [-0.2, 0) is 4.74 Å². The van der Waals surface area contributed by atoms with Gasteiger partial charge in [-0.25, -0.2) is 0 Å². The lowest BCUT2D eigenvalue weighted by Crippen LogP contribution is -1.91. The van der Waals surface area contributed by atoms with E-state index < -0.39 is 0 Å². The molecule has 0 fully saturated rings. The van der Waals surface area contributed by atoms with E-state index in [1.54, 1.807) is 7.11 Å². The van der Waals surface area contributed by atoms with E-state index in [1.165, 1.54) is 0 Å². The molecule has 8 heavy (non-hydrogen) atoms. The van der Waals surface area contributed by atoms with Gasteiger partial charge in [-0.3, -0.25) is 0 Å². The Kier molecular flexibility index (Phi) is 4.36. The van der Waals surface area contributed by atoms with Gasteiger partial charge in [0.05, 0.1) is 7.11 Å². The average Bonchev–Trinajstić information content (AvgIpc) is 1.83. The number of ether oxygens (including phenoxy) is 1. The molecule has 0 saturated carbocycles. The fourth-order valence-electron chi connectivity index (χ4n) is 0.440. The van der Waals surface area contributed by atoms with Gasteiger partial charge in [-0.05, 0) is 12.5 Å². The second-order valence-corrected chi connectivity index (χ2v) is 1.44. The summed E-state index contributed by atoms with van der Waals surface area (Å²) in [6.07, 6.45) is 2.75. The van der Waals surface area contributed by atoms with Gasteiger partial charge >= 0.3 is 0 Å². The zero-order chi connectivity index (χ0) is 6.41. The van der Waals surface area contributed by atoms with Gasteiger partial charge in [0.15, 0.2) is 0 Å². The molecule has 1 N–H and O–H groups in total. The highest BCUT2D eigenvalue weighted by molar-refractivity contribution is 4.90. The molecule has 0 heterocycles. The van der Waals surface area contributed by atoms with Crippen molar-refractivity contribution < 1.29 is 9.84 Å². The second kappa shape index (κ2) is 4.65. The lowest BCUT2D eigenvalue weighted by atomic mass is 10.4. The molecular formula is C6H12O2. The van der Waals surface area contributed by atoms with Crippen LogP contribution >= 0.6 is 0 Å². The highest BCUT2D eigenvalue weighted by Gasteiger charge is 1.86. The predicted octanol–water partition coefficient (Wildman–Crippen LogP) is 0.919. The summed E-state index contributed by atoms with van der Waals surface area (Å²) in [5.41, 5.74) is 0. The van der Waals surface area contributed by atoms with Crippen LogP contribution in [-0.4, -0.2) is 18.8 Å². The van der Waals surface area contributed by atoms with Crippen molar-refractivity contribution in [2.24, 2.45) is 0 Å². The summed E-state index contributed by atoms with van der Waals surface area (Å²) in [5, 5.41) is 8.46. The molecule has 2 nitrogen and oxygen atoms in total. The van der Waals surface area contributed by atoms with Crippen molar-refractivity contribution in [2.45, 2.75) is 13.3 Å². The number of hydrogen-bond acceptors (Lipinski definition) is 2. The number of allylic oxidation sites excluding steroid dienone is 1. The zero-order valence-corrected chi connectivity index (χ0v) is 5.35. The van der Waals surface area contributed by atoms with Gasteiger partial charge in [-0.1, -0.05) is 6.92 Å². The van der Waals surface area contributed by atoms with E-state index in [-0.39, 0.29) is 6.61 Å². The summed E-state index contributed by atoms with van der Waals surface area (Å²) in [7, 11) is 1.55. The third-order valence-corrected chi connectivity index (χ3v) is 0.850. The molecule has 0 radical (unpaired) electrons. The van der Waals surface area contributed by atoms with Crippen LogP contribution in [0.1, 0.15) is 13.3 Å². The second-order valence-electron chi connectivity index (χ2n) is 1.44. The average molecular weight is 116 g/mol. The van der Waals surface area contributed by atoms with Crippen LogP contribution < -0.4 is 0 Å². The van der Waals surface area contributed by atoms with Crippen molar-refractivity contribution in [3.8, 4) is 0 Å². The normalized spacial score (nSPS) is 11.6. The smallest absolute Gasteiger partial charge is 0.117 e. The van der Waals surface area contributed by atoms with Crippen molar-refractivity contribution in [3.63, 3.8) is 0 Å². The molecule has 0 aromatic rings. The Labute approximate surface area is 49.8 Å². The maximum Gasteiger partial charge on any atom is 0.117 e. The Balaban J connectivity index is 3.49. The largest absolute Gasteiger partial charge is 0.499 e. The fraction of sp³-hybridized carbons (Fsp3) is 0.667. The Morgan fingerprint density at radius 1 is 1.75 bits per heavy atom. The molecule has 0 aliphatic rings. The molecule has 0 aliphatic carbocycles. The van der Waals surface area contributed by atoms with E-state index in [1.807, 2.05) is 13.0 Å². The highest BCUT2D eigenvalue weighted by Crippen LogP contribution is 1.93. The van der Waals surface area contributed by atoms with Crippen molar-refractivity contribution in [3.05, 3.63) is 11.8 Å². The van der Waals surface area contributed by atoms with Crippen molar-refractivity contribution >= 4 is 0 Å². The van der Waals surface area contributed by atoms with Crippen LogP contribution in [0, 0.1) is 0 Å². The number of hydrogen-bond donors (Lipinski definition) is 1. The fourth-order valence-corrected chi connectivity index (χ4v) is 0.440. The van der Waals surface area contributed by atoms with Crippen LogP contribution in [0.2, 0.25) is 0 Å². The molecule has 0 aromatic heterocycles. The Morgan fingerprint density at radius 2 is 2.38 bits per heavy atom. The summed E-state index contributed by atoms with van der Waals surface area (Å²) in [4.78, 5) is 0. The summed E-state index contributed by atoms with van der Waals surface area (Å²) in [5.74, 6) is 0.646. The summed E-state index contributed by atoms with van der Waals surface area (Å²) in [6.45, 7) is 2.00. The Morgan fingerprint density at radius 3 is 2.50 bits per heavy atom. The molecule has 0 spiro atoms. The highest BCUT2D eigenvalue weighted by atomic mass is 16.5. The summed E-state index contributed by atoms with van der Waals surface area (Å²) in [6, 6.07) is 0. The van der Waals surface area contributed by atoms with E-state index in [0.717, 1.165) is 6.42 Å². The van der Waals surface area contributed by atoms with Crippen molar-refractivity contribution in [2.75, 3.05) is 13.7 Å². The maximum absolute atomic E-state index is 8.46. The molecule has 0 aromatic carbocycles.